The van der Waals surface area contributed by atoms with E-state index in [2.05, 4.69) is 19.2 Å². The van der Waals surface area contributed by atoms with Gasteiger partial charge in [0.1, 0.15) is 5.82 Å². The molecule has 4 heteroatoms. The molecule has 0 aliphatic heterocycles. The van der Waals surface area contributed by atoms with Gasteiger partial charge in [-0.25, -0.2) is 4.39 Å². The second kappa shape index (κ2) is 7.83. The molecule has 1 N–H and O–H groups in total. The summed E-state index contributed by atoms with van der Waals surface area (Å²) in [5.41, 5.74) is 0.610. The first-order valence-electron chi connectivity index (χ1n) is 6.81. The molecule has 0 saturated heterocycles. The summed E-state index contributed by atoms with van der Waals surface area (Å²) in [6.07, 6.45) is -0.0689. The average molecular weight is 288 g/mol. The monoisotopic (exact) mass is 287 g/mol. The maximum absolute atomic E-state index is 14.1. The Labute approximate surface area is 120 Å². The van der Waals surface area contributed by atoms with E-state index in [1.54, 1.807) is 12.1 Å². The second-order valence-corrected chi connectivity index (χ2v) is 5.30. The fourth-order valence-electron chi connectivity index (χ4n) is 2.24. The lowest BCUT2D eigenvalue weighted by atomic mass is 9.93. The van der Waals surface area contributed by atoms with E-state index < -0.39 is 0 Å². The number of hydrogen-bond donors (Lipinski definition) is 1. The Morgan fingerprint density at radius 3 is 2.47 bits per heavy atom. The van der Waals surface area contributed by atoms with Gasteiger partial charge in [-0.05, 0) is 31.5 Å². The Kier molecular flexibility index (Phi) is 6.76. The van der Waals surface area contributed by atoms with Gasteiger partial charge in [0, 0.05) is 17.2 Å². The van der Waals surface area contributed by atoms with Gasteiger partial charge >= 0.3 is 0 Å². The summed E-state index contributed by atoms with van der Waals surface area (Å²) >= 11 is 5.81. The topological polar surface area (TPSA) is 21.3 Å². The molecule has 2 unspecified atom stereocenters. The van der Waals surface area contributed by atoms with Gasteiger partial charge in [0.05, 0.1) is 12.1 Å². The van der Waals surface area contributed by atoms with Crippen molar-refractivity contribution in [2.45, 2.75) is 39.8 Å². The van der Waals surface area contributed by atoms with Gasteiger partial charge in [0.2, 0.25) is 0 Å². The smallest absolute Gasteiger partial charge is 0.129 e. The molecule has 1 aromatic carbocycles. The minimum Gasteiger partial charge on any atom is -0.376 e. The van der Waals surface area contributed by atoms with Crippen molar-refractivity contribution in [1.82, 2.24) is 5.32 Å². The number of ether oxygens (including phenoxy) is 1. The van der Waals surface area contributed by atoms with Crippen LogP contribution in [-0.4, -0.2) is 19.3 Å². The molecule has 0 fully saturated rings. The van der Waals surface area contributed by atoms with Crippen LogP contribution in [0.1, 0.15) is 39.3 Å². The largest absolute Gasteiger partial charge is 0.376 e. The van der Waals surface area contributed by atoms with Gasteiger partial charge in [-0.1, -0.05) is 38.4 Å². The Hall–Kier alpha value is -0.640. The van der Waals surface area contributed by atoms with Crippen LogP contribution in [0.2, 0.25) is 5.02 Å². The first-order valence-corrected chi connectivity index (χ1v) is 7.18. The van der Waals surface area contributed by atoms with Gasteiger partial charge < -0.3 is 10.1 Å². The molecule has 2 nitrogen and oxygen atoms in total. The highest BCUT2D eigenvalue weighted by Crippen LogP contribution is 2.28. The van der Waals surface area contributed by atoms with Crippen LogP contribution in [-0.2, 0) is 4.74 Å². The molecule has 0 aliphatic carbocycles. The van der Waals surface area contributed by atoms with E-state index >= 15 is 0 Å². The molecule has 19 heavy (non-hydrogen) atoms. The Morgan fingerprint density at radius 1 is 1.32 bits per heavy atom. The Balaban J connectivity index is 3.09. The maximum Gasteiger partial charge on any atom is 0.129 e. The lowest BCUT2D eigenvalue weighted by Crippen LogP contribution is -2.37. The van der Waals surface area contributed by atoms with Crippen LogP contribution in [0.4, 0.5) is 4.39 Å². The highest BCUT2D eigenvalue weighted by molar-refractivity contribution is 6.30. The number of rotatable bonds is 7. The van der Waals surface area contributed by atoms with Crippen molar-refractivity contribution in [3.63, 3.8) is 0 Å². The highest BCUT2D eigenvalue weighted by Gasteiger charge is 2.28. The first kappa shape index (κ1) is 16.4. The number of nitrogens with one attached hydrogen (secondary N) is 1. The van der Waals surface area contributed by atoms with Gasteiger partial charge in [-0.3, -0.25) is 0 Å². The molecule has 0 aromatic heterocycles. The Bertz CT molecular complexity index is 398. The fourth-order valence-corrected chi connectivity index (χ4v) is 2.40. The predicted molar refractivity (Wildman–Crippen MR) is 78.1 cm³/mol. The standard InChI is InChI=1S/C15H23ClFNO/c1-5-18-14(15(10(3)4)19-6-2)12-8-7-11(16)9-13(12)17/h7-10,14-15,18H,5-6H2,1-4H3. The molecule has 0 bridgehead atoms. The van der Waals surface area contributed by atoms with E-state index in [4.69, 9.17) is 16.3 Å². The summed E-state index contributed by atoms with van der Waals surface area (Å²) in [5.74, 6) is 0.00267. The lowest BCUT2D eigenvalue weighted by Gasteiger charge is -2.31. The van der Waals surface area contributed by atoms with Gasteiger partial charge in [0.25, 0.3) is 0 Å². The number of hydrogen-bond acceptors (Lipinski definition) is 2. The summed E-state index contributed by atoms with van der Waals surface area (Å²) in [4.78, 5) is 0. The zero-order chi connectivity index (χ0) is 14.4. The molecule has 0 saturated carbocycles. The van der Waals surface area contributed by atoms with Crippen LogP contribution in [0.15, 0.2) is 18.2 Å². The molecule has 1 aromatic rings. The fraction of sp³-hybridized carbons (Fsp3) is 0.600. The van der Waals surface area contributed by atoms with Gasteiger partial charge in [-0.2, -0.15) is 0 Å². The van der Waals surface area contributed by atoms with Crippen LogP contribution in [0, 0.1) is 11.7 Å². The molecule has 0 radical (unpaired) electrons. The third-order valence-electron chi connectivity index (χ3n) is 3.07. The van der Waals surface area contributed by atoms with E-state index in [0.29, 0.717) is 23.1 Å². The molecular formula is C15H23ClFNO. The van der Waals surface area contributed by atoms with Crippen LogP contribution >= 0.6 is 11.6 Å². The summed E-state index contributed by atoms with van der Waals surface area (Å²) in [6, 6.07) is 4.64. The van der Waals surface area contributed by atoms with E-state index in [0.717, 1.165) is 6.54 Å². The number of benzene rings is 1. The van der Waals surface area contributed by atoms with E-state index in [1.165, 1.54) is 6.07 Å². The molecule has 108 valence electrons. The van der Waals surface area contributed by atoms with Gasteiger partial charge in [0.15, 0.2) is 0 Å². The summed E-state index contributed by atoms with van der Waals surface area (Å²) in [7, 11) is 0. The molecular weight excluding hydrogens is 265 g/mol. The third-order valence-corrected chi connectivity index (χ3v) is 3.30. The summed E-state index contributed by atoms with van der Waals surface area (Å²) in [5, 5.41) is 3.73. The van der Waals surface area contributed by atoms with Crippen molar-refractivity contribution < 1.29 is 9.13 Å². The molecule has 0 spiro atoms. The maximum atomic E-state index is 14.1. The summed E-state index contributed by atoms with van der Waals surface area (Å²) in [6.45, 7) is 9.49. The molecule has 0 aliphatic rings. The average Bonchev–Trinajstić information content (AvgIpc) is 2.34. The van der Waals surface area contributed by atoms with Crippen molar-refractivity contribution in [3.05, 3.63) is 34.6 Å². The Morgan fingerprint density at radius 2 is 2.00 bits per heavy atom. The lowest BCUT2D eigenvalue weighted by molar-refractivity contribution is 0.00237. The van der Waals surface area contributed by atoms with Crippen molar-refractivity contribution >= 4 is 11.6 Å². The van der Waals surface area contributed by atoms with E-state index in [9.17, 15) is 4.39 Å². The van der Waals surface area contributed by atoms with Gasteiger partial charge in [-0.15, -0.1) is 0 Å². The van der Waals surface area contributed by atoms with Crippen molar-refractivity contribution in [1.29, 1.82) is 0 Å². The third kappa shape index (κ3) is 4.44. The summed E-state index contributed by atoms with van der Waals surface area (Å²) < 4.78 is 19.9. The molecule has 0 heterocycles. The van der Waals surface area contributed by atoms with Crippen molar-refractivity contribution in [2.75, 3.05) is 13.2 Å². The van der Waals surface area contributed by atoms with Crippen LogP contribution < -0.4 is 5.32 Å². The van der Waals surface area contributed by atoms with E-state index in [1.807, 2.05) is 13.8 Å². The normalized spacial score (nSPS) is 14.7. The minimum atomic E-state index is -0.288. The molecule has 2 atom stereocenters. The van der Waals surface area contributed by atoms with Crippen LogP contribution in [0.25, 0.3) is 0 Å². The predicted octanol–water partition coefficient (Wildman–Crippen LogP) is 4.19. The quantitative estimate of drug-likeness (QED) is 0.812. The highest BCUT2D eigenvalue weighted by atomic mass is 35.5. The van der Waals surface area contributed by atoms with Crippen molar-refractivity contribution in [2.24, 2.45) is 5.92 Å². The van der Waals surface area contributed by atoms with Crippen molar-refractivity contribution in [3.8, 4) is 0 Å². The minimum absolute atomic E-state index is 0.0689. The van der Waals surface area contributed by atoms with Crippen LogP contribution in [0.5, 0.6) is 0 Å². The zero-order valence-electron chi connectivity index (χ0n) is 12.0. The number of likely N-dealkylation sites (N-methyl/N-ethyl adjacent to an activating group) is 1. The van der Waals surface area contributed by atoms with Crippen LogP contribution in [0.3, 0.4) is 0 Å². The van der Waals surface area contributed by atoms with E-state index in [-0.39, 0.29) is 18.0 Å². The second-order valence-electron chi connectivity index (χ2n) is 4.87. The molecule has 0 amide bonds. The number of halogens is 2. The SMILES string of the molecule is CCNC(c1ccc(Cl)cc1F)C(OCC)C(C)C. The zero-order valence-corrected chi connectivity index (χ0v) is 12.8. The molecule has 1 rings (SSSR count). The first-order chi connectivity index (χ1) is 9.01.